The van der Waals surface area contributed by atoms with E-state index in [0.717, 1.165) is 22.3 Å². The molecule has 0 N–H and O–H groups in total. The van der Waals surface area contributed by atoms with Gasteiger partial charge in [0.2, 0.25) is 5.90 Å². The molecule has 1 aliphatic heterocycles. The predicted octanol–water partition coefficient (Wildman–Crippen LogP) is 5.89. The van der Waals surface area contributed by atoms with Crippen LogP contribution in [0.3, 0.4) is 0 Å². The molecule has 3 aromatic rings. The van der Waals surface area contributed by atoms with Crippen LogP contribution in [0.1, 0.15) is 27.8 Å². The molecule has 0 fully saturated rings. The van der Waals surface area contributed by atoms with Crippen molar-refractivity contribution in [3.63, 3.8) is 0 Å². The summed E-state index contributed by atoms with van der Waals surface area (Å²) in [4.78, 5) is 16.7. The summed E-state index contributed by atoms with van der Waals surface area (Å²) < 4.78 is 16.7. The number of hydrogen-bond acceptors (Lipinski definition) is 5. The average Bonchev–Trinajstić information content (AvgIpc) is 3.15. The summed E-state index contributed by atoms with van der Waals surface area (Å²) in [5.74, 6) is 0.968. The first-order valence-corrected chi connectivity index (χ1v) is 10.5. The maximum atomic E-state index is 12.3. The normalized spacial score (nSPS) is 14.3. The van der Waals surface area contributed by atoms with Crippen LogP contribution in [0.25, 0.3) is 6.08 Å². The molecule has 6 heteroatoms. The van der Waals surface area contributed by atoms with E-state index in [1.165, 1.54) is 5.56 Å². The van der Waals surface area contributed by atoms with Gasteiger partial charge in [0.15, 0.2) is 17.2 Å². The average molecular weight is 448 g/mol. The highest BCUT2D eigenvalue weighted by Gasteiger charge is 2.24. The molecule has 0 radical (unpaired) electrons. The number of methoxy groups -OCH3 is 1. The Kier molecular flexibility index (Phi) is 6.28. The fourth-order valence-corrected chi connectivity index (χ4v) is 3.33. The summed E-state index contributed by atoms with van der Waals surface area (Å²) in [7, 11) is 1.57. The smallest absolute Gasteiger partial charge is 0.363 e. The highest BCUT2D eigenvalue weighted by molar-refractivity contribution is 6.30. The molecule has 0 aromatic heterocycles. The first kappa shape index (κ1) is 21.7. The van der Waals surface area contributed by atoms with E-state index in [1.807, 2.05) is 62.4 Å². The van der Waals surface area contributed by atoms with Crippen molar-refractivity contribution in [1.29, 1.82) is 0 Å². The van der Waals surface area contributed by atoms with Crippen molar-refractivity contribution in [3.8, 4) is 11.5 Å². The van der Waals surface area contributed by atoms with Crippen LogP contribution in [0.4, 0.5) is 0 Å². The van der Waals surface area contributed by atoms with E-state index in [-0.39, 0.29) is 5.70 Å². The van der Waals surface area contributed by atoms with E-state index < -0.39 is 5.97 Å². The zero-order valence-corrected chi connectivity index (χ0v) is 18.8. The van der Waals surface area contributed by atoms with Gasteiger partial charge in [0, 0.05) is 10.6 Å². The Morgan fingerprint density at radius 3 is 2.47 bits per heavy atom. The lowest BCUT2D eigenvalue weighted by Gasteiger charge is -2.11. The van der Waals surface area contributed by atoms with E-state index in [0.29, 0.717) is 29.0 Å². The minimum absolute atomic E-state index is 0.232. The number of aryl methyl sites for hydroxylation is 2. The molecule has 0 bridgehead atoms. The number of esters is 1. The number of carbonyl (C=O) groups is 1. The monoisotopic (exact) mass is 447 g/mol. The molecule has 0 spiro atoms. The van der Waals surface area contributed by atoms with Crippen molar-refractivity contribution in [1.82, 2.24) is 0 Å². The van der Waals surface area contributed by atoms with Gasteiger partial charge in [-0.15, -0.1) is 0 Å². The summed E-state index contributed by atoms with van der Waals surface area (Å²) in [6.45, 7) is 4.42. The van der Waals surface area contributed by atoms with Crippen LogP contribution < -0.4 is 9.47 Å². The Morgan fingerprint density at radius 1 is 0.969 bits per heavy atom. The number of cyclic esters (lactones) is 1. The molecule has 0 saturated heterocycles. The maximum Gasteiger partial charge on any atom is 0.363 e. The van der Waals surface area contributed by atoms with Crippen molar-refractivity contribution < 1.29 is 19.0 Å². The van der Waals surface area contributed by atoms with E-state index in [9.17, 15) is 4.79 Å². The number of benzene rings is 3. The zero-order valence-electron chi connectivity index (χ0n) is 18.0. The van der Waals surface area contributed by atoms with Gasteiger partial charge in [-0.25, -0.2) is 9.79 Å². The topological polar surface area (TPSA) is 57.1 Å². The Balaban J connectivity index is 1.54. The Morgan fingerprint density at radius 2 is 1.75 bits per heavy atom. The fraction of sp³-hybridized carbons (Fsp3) is 0.154. The number of aliphatic imine (C=N–C) groups is 1. The van der Waals surface area contributed by atoms with Gasteiger partial charge in [-0.2, -0.15) is 0 Å². The number of nitrogens with zero attached hydrogens (tertiary/aromatic N) is 1. The van der Waals surface area contributed by atoms with Gasteiger partial charge < -0.3 is 14.2 Å². The molecule has 0 unspecified atom stereocenters. The number of halogens is 1. The zero-order chi connectivity index (χ0) is 22.7. The number of hydrogen-bond donors (Lipinski definition) is 0. The second-order valence-electron chi connectivity index (χ2n) is 7.46. The van der Waals surface area contributed by atoms with E-state index in [2.05, 4.69) is 4.99 Å². The maximum absolute atomic E-state index is 12.3. The molecule has 162 valence electrons. The van der Waals surface area contributed by atoms with Gasteiger partial charge in [0.25, 0.3) is 0 Å². The highest BCUT2D eigenvalue weighted by Crippen LogP contribution is 2.30. The minimum atomic E-state index is -0.486. The van der Waals surface area contributed by atoms with Crippen LogP contribution in [0, 0.1) is 13.8 Å². The lowest BCUT2D eigenvalue weighted by atomic mass is 10.1. The molecular formula is C26H22ClNO4. The van der Waals surface area contributed by atoms with Crippen molar-refractivity contribution >= 4 is 29.5 Å². The quantitative estimate of drug-likeness (QED) is 0.349. The summed E-state index contributed by atoms with van der Waals surface area (Å²) in [5.41, 5.74) is 5.02. The number of rotatable bonds is 6. The number of carbonyl (C=O) groups excluding carboxylic acids is 1. The molecule has 3 aromatic carbocycles. The standard InChI is InChI=1S/C26H22ClNO4/c1-16-4-8-20(12-17(16)2)25-28-22(26(29)32-25)13-19-7-11-23(24(14-19)30-3)31-15-18-5-9-21(27)10-6-18/h4-14H,15H2,1-3H3/b22-13-. The summed E-state index contributed by atoms with van der Waals surface area (Å²) in [5, 5.41) is 0.678. The molecule has 0 aliphatic carbocycles. The molecule has 1 aliphatic rings. The molecule has 1 heterocycles. The second-order valence-corrected chi connectivity index (χ2v) is 7.90. The van der Waals surface area contributed by atoms with Crippen LogP contribution in [0.2, 0.25) is 5.02 Å². The summed E-state index contributed by atoms with van der Waals surface area (Å²) in [6, 6.07) is 18.7. The SMILES string of the molecule is COc1cc(/C=C2\N=C(c3ccc(C)c(C)c3)OC2=O)ccc1OCc1ccc(Cl)cc1. The second kappa shape index (κ2) is 9.28. The molecule has 5 nitrogen and oxygen atoms in total. The third kappa shape index (κ3) is 4.84. The van der Waals surface area contributed by atoms with Crippen LogP contribution >= 0.6 is 11.6 Å². The predicted molar refractivity (Wildman–Crippen MR) is 125 cm³/mol. The van der Waals surface area contributed by atoms with Gasteiger partial charge >= 0.3 is 5.97 Å². The van der Waals surface area contributed by atoms with Crippen molar-refractivity contribution in [2.45, 2.75) is 20.5 Å². The lowest BCUT2D eigenvalue weighted by Crippen LogP contribution is -2.05. The minimum Gasteiger partial charge on any atom is -0.493 e. The Labute approximate surface area is 191 Å². The van der Waals surface area contributed by atoms with Crippen molar-refractivity contribution in [2.75, 3.05) is 7.11 Å². The van der Waals surface area contributed by atoms with Crippen LogP contribution in [-0.2, 0) is 16.1 Å². The number of ether oxygens (including phenoxy) is 3. The van der Waals surface area contributed by atoms with Crippen molar-refractivity contribution in [2.24, 2.45) is 4.99 Å². The Hall–Kier alpha value is -3.57. The molecule has 4 rings (SSSR count). The van der Waals surface area contributed by atoms with E-state index >= 15 is 0 Å². The molecular weight excluding hydrogens is 426 g/mol. The van der Waals surface area contributed by atoms with Crippen molar-refractivity contribution in [3.05, 3.63) is 99.2 Å². The molecule has 0 atom stereocenters. The third-order valence-corrected chi connectivity index (χ3v) is 5.43. The van der Waals surface area contributed by atoms with E-state index in [4.69, 9.17) is 25.8 Å². The van der Waals surface area contributed by atoms with Gasteiger partial charge in [0.05, 0.1) is 7.11 Å². The first-order chi connectivity index (χ1) is 15.4. The first-order valence-electron chi connectivity index (χ1n) is 10.1. The largest absolute Gasteiger partial charge is 0.493 e. The fourth-order valence-electron chi connectivity index (χ4n) is 3.20. The van der Waals surface area contributed by atoms with Crippen LogP contribution in [0.15, 0.2) is 71.4 Å². The highest BCUT2D eigenvalue weighted by atomic mass is 35.5. The van der Waals surface area contributed by atoms with E-state index in [1.54, 1.807) is 25.3 Å². The summed E-state index contributed by atoms with van der Waals surface area (Å²) in [6.07, 6.45) is 1.67. The van der Waals surface area contributed by atoms with Gasteiger partial charge in [-0.3, -0.25) is 0 Å². The van der Waals surface area contributed by atoms with Crippen LogP contribution in [0.5, 0.6) is 11.5 Å². The van der Waals surface area contributed by atoms with Gasteiger partial charge in [0.1, 0.15) is 6.61 Å². The molecule has 0 saturated carbocycles. The van der Waals surface area contributed by atoms with Gasteiger partial charge in [-0.1, -0.05) is 35.9 Å². The summed E-state index contributed by atoms with van der Waals surface area (Å²) >= 11 is 5.92. The molecule has 0 amide bonds. The Bertz CT molecular complexity index is 1230. The lowest BCUT2D eigenvalue weighted by molar-refractivity contribution is -0.129. The molecule has 32 heavy (non-hydrogen) atoms. The van der Waals surface area contributed by atoms with Crippen LogP contribution in [-0.4, -0.2) is 19.0 Å². The third-order valence-electron chi connectivity index (χ3n) is 5.17. The van der Waals surface area contributed by atoms with Gasteiger partial charge in [-0.05, 0) is 78.6 Å².